The van der Waals surface area contributed by atoms with Crippen molar-refractivity contribution < 1.29 is 56.2 Å². The van der Waals surface area contributed by atoms with Gasteiger partial charge in [-0.25, -0.2) is 4.18 Å². The molecule has 0 bridgehead atoms. The number of carbonyl (C=O) groups is 1. The van der Waals surface area contributed by atoms with Crippen molar-refractivity contribution in [2.75, 3.05) is 26.4 Å². The van der Waals surface area contributed by atoms with Gasteiger partial charge in [0.05, 0.1) is 19.8 Å². The van der Waals surface area contributed by atoms with Gasteiger partial charge < -0.3 is 34.3 Å². The summed E-state index contributed by atoms with van der Waals surface area (Å²) in [7, 11) is -5.07. The first-order valence-electron chi connectivity index (χ1n) is 21.5. The van der Waals surface area contributed by atoms with Gasteiger partial charge in [-0.15, -0.1) is 0 Å². The molecule has 13 heteroatoms. The Hall–Kier alpha value is -2.20. The molecule has 0 aromatic rings. The number of aliphatic hydroxyl groups is 3. The van der Waals surface area contributed by atoms with Crippen LogP contribution in [0.4, 0.5) is 0 Å². The summed E-state index contributed by atoms with van der Waals surface area (Å²) in [5.74, 6) is -0.457. The molecule has 4 N–H and O–H groups in total. The van der Waals surface area contributed by atoms with Gasteiger partial charge in [0.2, 0.25) is 0 Å². The fourth-order valence-corrected chi connectivity index (χ4v) is 6.69. The average Bonchev–Trinajstić information content (AvgIpc) is 3.18. The van der Waals surface area contributed by atoms with Gasteiger partial charge in [0.25, 0.3) is 0 Å². The number of unbranched alkanes of at least 4 members (excludes halogenated alkanes) is 13. The summed E-state index contributed by atoms with van der Waals surface area (Å²) < 4.78 is 58.9. The molecule has 0 amide bonds. The molecule has 0 saturated carbocycles. The minimum absolute atomic E-state index is 0.0125. The third-order valence-corrected chi connectivity index (χ3v) is 9.87. The van der Waals surface area contributed by atoms with E-state index < -0.39 is 59.8 Å². The largest absolute Gasteiger partial charge is 0.457 e. The van der Waals surface area contributed by atoms with Crippen LogP contribution in [-0.4, -0.2) is 97.5 Å². The molecule has 0 spiro atoms. The van der Waals surface area contributed by atoms with Crippen molar-refractivity contribution >= 4 is 16.4 Å². The maximum absolute atomic E-state index is 12.8. The Morgan fingerprint density at radius 2 is 1.19 bits per heavy atom. The second-order valence-corrected chi connectivity index (χ2v) is 15.6. The summed E-state index contributed by atoms with van der Waals surface area (Å²) in [6, 6.07) is 0. The molecule has 0 aliphatic carbocycles. The highest BCUT2D eigenvalue weighted by atomic mass is 32.3. The SMILES string of the molecule is CC/C=C\C/C=C\C/C=C\C/C=C\C/C=C\CCCC(=O)OC(COCCCCCCCCCCCCCCC)COC1OC(CO)C(O)C(OS(=O)(=O)O)C1O. The molecule has 0 aromatic heterocycles. The maximum atomic E-state index is 12.8. The van der Waals surface area contributed by atoms with Crippen LogP contribution in [0.15, 0.2) is 60.8 Å². The third-order valence-electron chi connectivity index (χ3n) is 9.40. The molecule has 330 valence electrons. The van der Waals surface area contributed by atoms with Crippen LogP contribution in [0.1, 0.15) is 149 Å². The molecule has 6 unspecified atom stereocenters. The molecule has 1 heterocycles. The van der Waals surface area contributed by atoms with E-state index in [4.69, 9.17) is 23.5 Å². The third kappa shape index (κ3) is 29.6. The Bertz CT molecular complexity index is 1230. The number of ether oxygens (including phenoxy) is 4. The Kier molecular flexibility index (Phi) is 33.1. The number of allylic oxidation sites excluding steroid dienone is 10. The molecule has 0 radical (unpaired) electrons. The summed E-state index contributed by atoms with van der Waals surface area (Å²) in [6.45, 7) is 3.79. The van der Waals surface area contributed by atoms with Gasteiger partial charge in [0.1, 0.15) is 30.5 Å². The summed E-state index contributed by atoms with van der Waals surface area (Å²) in [4.78, 5) is 12.8. The van der Waals surface area contributed by atoms with Gasteiger partial charge in [-0.1, -0.05) is 152 Å². The number of hydrogen-bond acceptors (Lipinski definition) is 11. The van der Waals surface area contributed by atoms with Crippen LogP contribution in [0.3, 0.4) is 0 Å². The zero-order chi connectivity index (χ0) is 41.8. The Morgan fingerprint density at radius 3 is 1.70 bits per heavy atom. The normalized spacial score (nSPS) is 21.3. The van der Waals surface area contributed by atoms with Crippen molar-refractivity contribution in [3.8, 4) is 0 Å². The molecular weight excluding hydrogens is 753 g/mol. The van der Waals surface area contributed by atoms with E-state index >= 15 is 0 Å². The quantitative estimate of drug-likeness (QED) is 0.0205. The number of esters is 1. The van der Waals surface area contributed by atoms with E-state index in [9.17, 15) is 28.5 Å². The summed E-state index contributed by atoms with van der Waals surface area (Å²) in [6.07, 6.45) is 34.0. The van der Waals surface area contributed by atoms with Gasteiger partial charge in [-0.05, 0) is 51.4 Å². The first kappa shape index (κ1) is 52.8. The number of aliphatic hydroxyl groups excluding tert-OH is 3. The highest BCUT2D eigenvalue weighted by molar-refractivity contribution is 7.80. The lowest BCUT2D eigenvalue weighted by atomic mass is 9.99. The monoisotopic (exact) mass is 829 g/mol. The molecule has 1 saturated heterocycles. The molecule has 1 aliphatic rings. The maximum Gasteiger partial charge on any atom is 0.397 e. The standard InChI is InChI=1S/C44H76O12S/c1-3-5-7-9-11-13-15-17-18-19-20-21-23-25-27-29-31-33-40(46)54-38(36-52-34-32-30-28-26-24-22-16-14-12-10-8-6-4-2)37-53-44-42(48)43(56-57(49,50)51)41(47)39(35-45)55-44/h5,7,11,13,17-18,20-21,25,27,38-39,41-45,47-48H,3-4,6,8-10,12,14-16,19,22-24,26,28-37H2,1-2H3,(H,49,50,51)/b7-5-,13-11-,18-17-,21-20-,27-25-. The second kappa shape index (κ2) is 35.7. The van der Waals surface area contributed by atoms with E-state index in [1.54, 1.807) is 0 Å². The van der Waals surface area contributed by atoms with Crippen molar-refractivity contribution in [3.63, 3.8) is 0 Å². The smallest absolute Gasteiger partial charge is 0.397 e. The zero-order valence-corrected chi connectivity index (χ0v) is 35.7. The van der Waals surface area contributed by atoms with Gasteiger partial charge in [-0.3, -0.25) is 9.35 Å². The van der Waals surface area contributed by atoms with E-state index in [1.165, 1.54) is 64.2 Å². The topological polar surface area (TPSA) is 178 Å². The zero-order valence-electron chi connectivity index (χ0n) is 34.9. The number of carbonyl (C=O) groups excluding carboxylic acids is 1. The van der Waals surface area contributed by atoms with Gasteiger partial charge in [0, 0.05) is 13.0 Å². The highest BCUT2D eigenvalue weighted by Gasteiger charge is 2.48. The second-order valence-electron chi connectivity index (χ2n) is 14.6. The molecule has 57 heavy (non-hydrogen) atoms. The first-order chi connectivity index (χ1) is 27.6. The van der Waals surface area contributed by atoms with Crippen molar-refractivity contribution in [1.82, 2.24) is 0 Å². The van der Waals surface area contributed by atoms with Crippen LogP contribution in [0.5, 0.6) is 0 Å². The van der Waals surface area contributed by atoms with Crippen LogP contribution in [-0.2, 0) is 38.3 Å². The molecule has 1 aliphatic heterocycles. The predicted octanol–water partition coefficient (Wildman–Crippen LogP) is 8.57. The molecule has 1 fully saturated rings. The van der Waals surface area contributed by atoms with Crippen LogP contribution < -0.4 is 0 Å². The minimum atomic E-state index is -5.07. The Labute approximate surface area is 344 Å². The molecule has 1 rings (SSSR count). The first-order valence-corrected chi connectivity index (χ1v) is 22.9. The van der Waals surface area contributed by atoms with Crippen molar-refractivity contribution in [3.05, 3.63) is 60.8 Å². The summed E-state index contributed by atoms with van der Waals surface area (Å²) in [5, 5.41) is 30.6. The van der Waals surface area contributed by atoms with Crippen LogP contribution >= 0.6 is 0 Å². The fourth-order valence-electron chi connectivity index (χ4n) is 6.18. The minimum Gasteiger partial charge on any atom is -0.457 e. The Balaban J connectivity index is 2.51. The van der Waals surface area contributed by atoms with Crippen LogP contribution in [0, 0.1) is 0 Å². The van der Waals surface area contributed by atoms with E-state index in [-0.39, 0.29) is 19.6 Å². The predicted molar refractivity (Wildman–Crippen MR) is 225 cm³/mol. The van der Waals surface area contributed by atoms with E-state index in [0.717, 1.165) is 51.4 Å². The molecular formula is C44H76O12S. The summed E-state index contributed by atoms with van der Waals surface area (Å²) in [5.41, 5.74) is 0. The number of rotatable bonds is 36. The lowest BCUT2D eigenvalue weighted by molar-refractivity contribution is -0.301. The van der Waals surface area contributed by atoms with Crippen molar-refractivity contribution in [1.29, 1.82) is 0 Å². The molecule has 6 atom stereocenters. The van der Waals surface area contributed by atoms with Gasteiger partial charge >= 0.3 is 16.4 Å². The van der Waals surface area contributed by atoms with Gasteiger partial charge in [0.15, 0.2) is 6.29 Å². The summed E-state index contributed by atoms with van der Waals surface area (Å²) >= 11 is 0. The molecule has 12 nitrogen and oxygen atoms in total. The lowest BCUT2D eigenvalue weighted by Crippen LogP contribution is -2.60. The van der Waals surface area contributed by atoms with Gasteiger partial charge in [-0.2, -0.15) is 8.42 Å². The van der Waals surface area contributed by atoms with Crippen LogP contribution in [0.2, 0.25) is 0 Å². The van der Waals surface area contributed by atoms with E-state index in [0.29, 0.717) is 19.4 Å². The van der Waals surface area contributed by atoms with Crippen LogP contribution in [0.25, 0.3) is 0 Å². The van der Waals surface area contributed by atoms with E-state index in [2.05, 4.69) is 72.7 Å². The fraction of sp³-hybridized carbons (Fsp3) is 0.750. The van der Waals surface area contributed by atoms with E-state index in [1.807, 2.05) is 6.08 Å². The number of hydrogen-bond donors (Lipinski definition) is 4. The molecule has 0 aromatic carbocycles. The lowest BCUT2D eigenvalue weighted by Gasteiger charge is -2.41. The average molecular weight is 829 g/mol. The van der Waals surface area contributed by atoms with Crippen molar-refractivity contribution in [2.45, 2.75) is 185 Å². The van der Waals surface area contributed by atoms with Crippen molar-refractivity contribution in [2.24, 2.45) is 0 Å². The highest BCUT2D eigenvalue weighted by Crippen LogP contribution is 2.26. The Morgan fingerprint density at radius 1 is 0.684 bits per heavy atom.